The highest BCUT2D eigenvalue weighted by Gasteiger charge is 2.53. The van der Waals surface area contributed by atoms with Crippen LogP contribution in [-0.4, -0.2) is 30.4 Å². The summed E-state index contributed by atoms with van der Waals surface area (Å²) in [5, 5.41) is 0. The van der Waals surface area contributed by atoms with Crippen molar-refractivity contribution in [2.24, 2.45) is 0 Å². The van der Waals surface area contributed by atoms with E-state index in [1.54, 1.807) is 27.7 Å². The van der Waals surface area contributed by atoms with E-state index in [1.165, 1.54) is 7.11 Å². The van der Waals surface area contributed by atoms with Gasteiger partial charge in [-0.2, -0.15) is 13.2 Å². The lowest BCUT2D eigenvalue weighted by molar-refractivity contribution is -0.137. The van der Waals surface area contributed by atoms with E-state index in [2.05, 4.69) is 4.98 Å². The van der Waals surface area contributed by atoms with Crippen molar-refractivity contribution in [1.82, 2.24) is 4.98 Å². The summed E-state index contributed by atoms with van der Waals surface area (Å²) < 4.78 is 55.7. The molecule has 0 N–H and O–H groups in total. The SMILES string of the molecule is COc1cc(C(F)(F)F)c(B2OC(C)(C)C(C)(C)O2)cn1. The molecule has 1 fully saturated rings. The van der Waals surface area contributed by atoms with E-state index in [9.17, 15) is 13.2 Å². The Morgan fingerprint density at radius 1 is 1.14 bits per heavy atom. The molecule has 1 aliphatic rings. The minimum atomic E-state index is -4.55. The summed E-state index contributed by atoms with van der Waals surface area (Å²) in [5.74, 6) is -0.109. The van der Waals surface area contributed by atoms with Crippen LogP contribution >= 0.6 is 0 Å². The summed E-state index contributed by atoms with van der Waals surface area (Å²) in [6.07, 6.45) is -3.46. The third-order valence-electron chi connectivity index (χ3n) is 3.93. The van der Waals surface area contributed by atoms with Crippen molar-refractivity contribution in [3.8, 4) is 5.88 Å². The maximum Gasteiger partial charge on any atom is 0.497 e. The Labute approximate surface area is 121 Å². The van der Waals surface area contributed by atoms with Crippen LogP contribution in [0.15, 0.2) is 12.3 Å². The molecule has 0 radical (unpaired) electrons. The van der Waals surface area contributed by atoms with E-state index >= 15 is 0 Å². The molecule has 0 aromatic carbocycles. The third kappa shape index (κ3) is 2.87. The molecular weight excluding hydrogens is 286 g/mol. The summed E-state index contributed by atoms with van der Waals surface area (Å²) >= 11 is 0. The van der Waals surface area contributed by atoms with Crippen LogP contribution in [0.1, 0.15) is 33.3 Å². The van der Waals surface area contributed by atoms with Crippen molar-refractivity contribution >= 4 is 12.6 Å². The van der Waals surface area contributed by atoms with E-state index in [0.717, 1.165) is 12.3 Å². The van der Waals surface area contributed by atoms with Crippen LogP contribution in [0, 0.1) is 0 Å². The van der Waals surface area contributed by atoms with E-state index in [-0.39, 0.29) is 11.3 Å². The monoisotopic (exact) mass is 303 g/mol. The van der Waals surface area contributed by atoms with E-state index in [0.29, 0.717) is 0 Å². The van der Waals surface area contributed by atoms with Gasteiger partial charge in [0.05, 0.1) is 23.9 Å². The molecule has 21 heavy (non-hydrogen) atoms. The van der Waals surface area contributed by atoms with Gasteiger partial charge in [0.15, 0.2) is 0 Å². The lowest BCUT2D eigenvalue weighted by atomic mass is 9.77. The predicted molar refractivity (Wildman–Crippen MR) is 71.5 cm³/mol. The molecule has 4 nitrogen and oxygen atoms in total. The second kappa shape index (κ2) is 4.88. The molecular formula is C13H17BF3NO3. The number of hydrogen-bond donors (Lipinski definition) is 0. The number of pyridine rings is 1. The first-order chi connectivity index (χ1) is 9.48. The standard InChI is InChI=1S/C13H17BF3NO3/c1-11(2)12(3,4)21-14(20-11)9-7-18-10(19-5)6-8(9)13(15,16)17/h6-7H,1-5H3. The molecule has 2 heterocycles. The molecule has 0 aliphatic carbocycles. The van der Waals surface area contributed by atoms with Crippen molar-refractivity contribution in [2.75, 3.05) is 7.11 Å². The lowest BCUT2D eigenvalue weighted by Gasteiger charge is -2.32. The molecule has 1 saturated heterocycles. The number of methoxy groups -OCH3 is 1. The van der Waals surface area contributed by atoms with Crippen molar-refractivity contribution in [3.05, 3.63) is 17.8 Å². The minimum Gasteiger partial charge on any atom is -0.481 e. The molecule has 8 heteroatoms. The molecule has 0 saturated carbocycles. The second-order valence-corrected chi connectivity index (χ2v) is 5.90. The van der Waals surface area contributed by atoms with Crippen molar-refractivity contribution in [1.29, 1.82) is 0 Å². The molecule has 1 aromatic heterocycles. The summed E-state index contributed by atoms with van der Waals surface area (Å²) in [5.41, 5.74) is -2.46. The van der Waals surface area contributed by atoms with Crippen LogP contribution < -0.4 is 10.2 Å². The second-order valence-electron chi connectivity index (χ2n) is 5.90. The maximum atomic E-state index is 13.2. The number of aromatic nitrogens is 1. The highest BCUT2D eigenvalue weighted by Crippen LogP contribution is 2.38. The molecule has 0 unspecified atom stereocenters. The minimum absolute atomic E-state index is 0.109. The summed E-state index contributed by atoms with van der Waals surface area (Å²) in [6, 6.07) is 0.848. The molecule has 0 atom stereocenters. The van der Waals surface area contributed by atoms with E-state index in [1.807, 2.05) is 0 Å². The Morgan fingerprint density at radius 3 is 2.10 bits per heavy atom. The van der Waals surface area contributed by atoms with Gasteiger partial charge in [0.1, 0.15) is 0 Å². The zero-order chi connectivity index (χ0) is 16.1. The normalized spacial score (nSPS) is 20.7. The van der Waals surface area contributed by atoms with Gasteiger partial charge in [-0.25, -0.2) is 4.98 Å². The van der Waals surface area contributed by atoms with Crippen LogP contribution in [0.5, 0.6) is 5.88 Å². The van der Waals surface area contributed by atoms with Crippen LogP contribution in [-0.2, 0) is 15.5 Å². The number of rotatable bonds is 2. The van der Waals surface area contributed by atoms with Gasteiger partial charge in [-0.05, 0) is 27.7 Å². The smallest absolute Gasteiger partial charge is 0.481 e. The first-order valence-corrected chi connectivity index (χ1v) is 6.45. The van der Waals surface area contributed by atoms with Crippen molar-refractivity contribution in [2.45, 2.75) is 45.1 Å². The van der Waals surface area contributed by atoms with Gasteiger partial charge in [0.25, 0.3) is 0 Å². The molecule has 1 aromatic rings. The largest absolute Gasteiger partial charge is 0.497 e. The Kier molecular flexibility index (Phi) is 3.74. The van der Waals surface area contributed by atoms with Crippen molar-refractivity contribution in [3.63, 3.8) is 0 Å². The fraction of sp³-hybridized carbons (Fsp3) is 0.615. The lowest BCUT2D eigenvalue weighted by Crippen LogP contribution is -2.41. The van der Waals surface area contributed by atoms with E-state index < -0.39 is 30.1 Å². The highest BCUT2D eigenvalue weighted by molar-refractivity contribution is 6.62. The average molecular weight is 303 g/mol. The van der Waals surface area contributed by atoms with Gasteiger partial charge in [-0.15, -0.1) is 0 Å². The molecule has 0 spiro atoms. The summed E-state index contributed by atoms with van der Waals surface area (Å²) in [4.78, 5) is 3.83. The van der Waals surface area contributed by atoms with Gasteiger partial charge >= 0.3 is 13.3 Å². The molecule has 0 bridgehead atoms. The van der Waals surface area contributed by atoms with E-state index in [4.69, 9.17) is 14.0 Å². The first-order valence-electron chi connectivity index (χ1n) is 6.45. The predicted octanol–water partition coefficient (Wildman–Crippen LogP) is 2.41. The average Bonchev–Trinajstić information content (AvgIpc) is 2.56. The zero-order valence-corrected chi connectivity index (χ0v) is 12.5. The fourth-order valence-corrected chi connectivity index (χ4v) is 1.96. The molecule has 0 amide bonds. The summed E-state index contributed by atoms with van der Waals surface area (Å²) in [6.45, 7) is 7.10. The van der Waals surface area contributed by atoms with Gasteiger partial charge in [-0.1, -0.05) is 0 Å². The number of halogens is 3. The quantitative estimate of drug-likeness (QED) is 0.787. The van der Waals surface area contributed by atoms with Gasteiger partial charge in [0.2, 0.25) is 5.88 Å². The van der Waals surface area contributed by atoms with Crippen molar-refractivity contribution < 1.29 is 27.2 Å². The topological polar surface area (TPSA) is 40.6 Å². The van der Waals surface area contributed by atoms with Gasteiger partial charge in [-0.3, -0.25) is 0 Å². The van der Waals surface area contributed by atoms with Crippen LogP contribution in [0.25, 0.3) is 0 Å². The Balaban J connectivity index is 2.46. The highest BCUT2D eigenvalue weighted by atomic mass is 19.4. The Morgan fingerprint density at radius 2 is 1.67 bits per heavy atom. The van der Waals surface area contributed by atoms with Crippen LogP contribution in [0.3, 0.4) is 0 Å². The van der Waals surface area contributed by atoms with Crippen LogP contribution in [0.2, 0.25) is 0 Å². The summed E-state index contributed by atoms with van der Waals surface area (Å²) in [7, 11) is 0.141. The number of ether oxygens (including phenoxy) is 1. The number of hydrogen-bond acceptors (Lipinski definition) is 4. The Bertz CT molecular complexity index is 530. The number of alkyl halides is 3. The zero-order valence-electron chi connectivity index (χ0n) is 12.5. The van der Waals surface area contributed by atoms with Crippen LogP contribution in [0.4, 0.5) is 13.2 Å². The first kappa shape index (κ1) is 16.1. The molecule has 116 valence electrons. The molecule has 2 rings (SSSR count). The third-order valence-corrected chi connectivity index (χ3v) is 3.93. The maximum absolute atomic E-state index is 13.2. The van der Waals surface area contributed by atoms with Gasteiger partial charge < -0.3 is 14.0 Å². The number of nitrogens with zero attached hydrogens (tertiary/aromatic N) is 1. The molecule has 1 aliphatic heterocycles. The Hall–Kier alpha value is -1.28. The van der Waals surface area contributed by atoms with Gasteiger partial charge in [0, 0.05) is 17.7 Å². The fourth-order valence-electron chi connectivity index (χ4n) is 1.96.